The maximum Gasteiger partial charge on any atom is -0.0417 e. The quantitative estimate of drug-likeness (QED) is 0.462. The van der Waals surface area contributed by atoms with Crippen LogP contribution in [0.15, 0.2) is 0 Å². The fourth-order valence-corrected chi connectivity index (χ4v) is 2.27. The van der Waals surface area contributed by atoms with Crippen LogP contribution in [0.4, 0.5) is 0 Å². The molecule has 0 aromatic carbocycles. The third kappa shape index (κ3) is 7.88. The van der Waals surface area contributed by atoms with Gasteiger partial charge in [0.25, 0.3) is 0 Å². The van der Waals surface area contributed by atoms with Gasteiger partial charge in [0.05, 0.1) is 0 Å². The van der Waals surface area contributed by atoms with Gasteiger partial charge in [0.15, 0.2) is 0 Å². The van der Waals surface area contributed by atoms with Crippen molar-refractivity contribution in [1.29, 1.82) is 0 Å². The summed E-state index contributed by atoms with van der Waals surface area (Å²) in [5.41, 5.74) is 0. The summed E-state index contributed by atoms with van der Waals surface area (Å²) < 4.78 is 0. The van der Waals surface area contributed by atoms with Crippen molar-refractivity contribution in [1.82, 2.24) is 0 Å². The van der Waals surface area contributed by atoms with Gasteiger partial charge in [-0.05, 0) is 17.8 Å². The minimum atomic E-state index is 0.924. The van der Waals surface area contributed by atoms with Gasteiger partial charge in [-0.2, -0.15) is 0 Å². The van der Waals surface area contributed by atoms with E-state index in [2.05, 4.69) is 34.6 Å². The van der Waals surface area contributed by atoms with Gasteiger partial charge in [0.1, 0.15) is 0 Å². The van der Waals surface area contributed by atoms with Crippen LogP contribution in [0.25, 0.3) is 0 Å². The van der Waals surface area contributed by atoms with Crippen LogP contribution >= 0.6 is 0 Å². The van der Waals surface area contributed by atoms with Crippen LogP contribution in [0.2, 0.25) is 0 Å². The second kappa shape index (κ2) is 9.24. The monoisotopic (exact) mass is 212 g/mol. The van der Waals surface area contributed by atoms with Crippen LogP contribution in [-0.4, -0.2) is 0 Å². The third-order valence-corrected chi connectivity index (χ3v) is 3.88. The summed E-state index contributed by atoms with van der Waals surface area (Å²) in [7, 11) is 0. The summed E-state index contributed by atoms with van der Waals surface area (Å²) in [5.74, 6) is 2.80. The smallest absolute Gasteiger partial charge is 0.0417 e. The molecular weight excluding hydrogens is 180 g/mol. The molecule has 0 aromatic rings. The lowest BCUT2D eigenvalue weighted by atomic mass is 9.85. The van der Waals surface area contributed by atoms with Crippen molar-refractivity contribution < 1.29 is 0 Å². The molecule has 0 amide bonds. The maximum atomic E-state index is 2.44. The highest BCUT2D eigenvalue weighted by molar-refractivity contribution is 4.64. The molecule has 3 atom stereocenters. The number of hydrogen-bond donors (Lipinski definition) is 0. The zero-order chi connectivity index (χ0) is 11.7. The van der Waals surface area contributed by atoms with Gasteiger partial charge in [-0.1, -0.05) is 79.6 Å². The Morgan fingerprint density at radius 3 is 1.80 bits per heavy atom. The lowest BCUT2D eigenvalue weighted by Crippen LogP contribution is -2.09. The molecule has 0 aliphatic heterocycles. The molecule has 0 spiro atoms. The molecule has 0 radical (unpaired) electrons. The van der Waals surface area contributed by atoms with Crippen LogP contribution < -0.4 is 0 Å². The molecule has 0 aliphatic carbocycles. The van der Waals surface area contributed by atoms with Gasteiger partial charge in [-0.15, -0.1) is 0 Å². The van der Waals surface area contributed by atoms with E-state index in [1.54, 1.807) is 0 Å². The van der Waals surface area contributed by atoms with Gasteiger partial charge < -0.3 is 0 Å². The highest BCUT2D eigenvalue weighted by Gasteiger charge is 2.12. The van der Waals surface area contributed by atoms with Crippen LogP contribution in [0, 0.1) is 17.8 Å². The number of hydrogen-bond acceptors (Lipinski definition) is 0. The summed E-state index contributed by atoms with van der Waals surface area (Å²) in [5, 5.41) is 0. The van der Waals surface area contributed by atoms with Crippen molar-refractivity contribution >= 4 is 0 Å². The van der Waals surface area contributed by atoms with Crippen molar-refractivity contribution in [3.63, 3.8) is 0 Å². The van der Waals surface area contributed by atoms with Gasteiger partial charge in [0, 0.05) is 0 Å². The highest BCUT2D eigenvalue weighted by Crippen LogP contribution is 2.24. The lowest BCUT2D eigenvalue weighted by Gasteiger charge is -2.21. The molecule has 0 heterocycles. The first-order valence-electron chi connectivity index (χ1n) is 7.11. The van der Waals surface area contributed by atoms with Gasteiger partial charge in [-0.3, -0.25) is 0 Å². The standard InChI is InChI=1S/C15H32/c1-6-8-10-13(3)11-12-15(5)14(4)9-7-2/h13-15H,6-12H2,1-5H3. The Labute approximate surface area is 97.8 Å². The number of rotatable bonds is 9. The van der Waals surface area contributed by atoms with E-state index < -0.39 is 0 Å². The van der Waals surface area contributed by atoms with Gasteiger partial charge in [-0.25, -0.2) is 0 Å². The topological polar surface area (TPSA) is 0 Å². The molecule has 15 heavy (non-hydrogen) atoms. The molecule has 0 aliphatic rings. The minimum Gasteiger partial charge on any atom is -0.0654 e. The van der Waals surface area contributed by atoms with Crippen LogP contribution in [-0.2, 0) is 0 Å². The van der Waals surface area contributed by atoms with Crippen molar-refractivity contribution in [2.24, 2.45) is 17.8 Å². The Morgan fingerprint density at radius 2 is 1.27 bits per heavy atom. The molecule has 92 valence electrons. The zero-order valence-electron chi connectivity index (χ0n) is 11.7. The average Bonchev–Trinajstić information content (AvgIpc) is 2.23. The third-order valence-electron chi connectivity index (χ3n) is 3.88. The van der Waals surface area contributed by atoms with Crippen LogP contribution in [0.1, 0.15) is 79.6 Å². The second-order valence-electron chi connectivity index (χ2n) is 5.57. The van der Waals surface area contributed by atoms with Crippen molar-refractivity contribution in [3.05, 3.63) is 0 Å². The fourth-order valence-electron chi connectivity index (χ4n) is 2.27. The molecular formula is C15H32. The van der Waals surface area contributed by atoms with E-state index in [0.29, 0.717) is 0 Å². The molecule has 3 unspecified atom stereocenters. The predicted octanol–water partition coefficient (Wildman–Crippen LogP) is 5.67. The van der Waals surface area contributed by atoms with Crippen molar-refractivity contribution in [3.8, 4) is 0 Å². The van der Waals surface area contributed by atoms with Crippen LogP contribution in [0.5, 0.6) is 0 Å². The zero-order valence-corrected chi connectivity index (χ0v) is 11.7. The molecule has 0 rings (SSSR count). The molecule has 0 nitrogen and oxygen atoms in total. The van der Waals surface area contributed by atoms with E-state index in [-0.39, 0.29) is 0 Å². The first-order valence-corrected chi connectivity index (χ1v) is 7.11. The molecule has 0 fully saturated rings. The number of unbranched alkanes of at least 4 members (excludes halogenated alkanes) is 1. The van der Waals surface area contributed by atoms with E-state index >= 15 is 0 Å². The molecule has 0 bridgehead atoms. The van der Waals surface area contributed by atoms with E-state index in [1.807, 2.05) is 0 Å². The Morgan fingerprint density at radius 1 is 0.667 bits per heavy atom. The average molecular weight is 212 g/mol. The summed E-state index contributed by atoms with van der Waals surface area (Å²) in [6.07, 6.45) is 9.83. The summed E-state index contributed by atoms with van der Waals surface area (Å²) in [6.45, 7) is 11.9. The molecule has 0 saturated heterocycles. The first-order chi connectivity index (χ1) is 7.11. The first kappa shape index (κ1) is 15.0. The fraction of sp³-hybridized carbons (Fsp3) is 1.00. The SMILES string of the molecule is CCCCC(C)CCC(C)C(C)CCC. The highest BCUT2D eigenvalue weighted by atomic mass is 14.2. The Kier molecular flexibility index (Phi) is 9.24. The Balaban J connectivity index is 3.55. The lowest BCUT2D eigenvalue weighted by molar-refractivity contribution is 0.308. The second-order valence-corrected chi connectivity index (χ2v) is 5.57. The summed E-state index contributed by atoms with van der Waals surface area (Å²) in [6, 6.07) is 0. The van der Waals surface area contributed by atoms with Crippen molar-refractivity contribution in [2.45, 2.75) is 79.6 Å². The molecule has 0 aromatic heterocycles. The largest absolute Gasteiger partial charge is 0.0654 e. The molecule has 0 saturated carbocycles. The predicted molar refractivity (Wildman–Crippen MR) is 71.2 cm³/mol. The molecule has 0 N–H and O–H groups in total. The van der Waals surface area contributed by atoms with E-state index in [9.17, 15) is 0 Å². The minimum absolute atomic E-state index is 0.924. The molecule has 0 heteroatoms. The summed E-state index contributed by atoms with van der Waals surface area (Å²) >= 11 is 0. The summed E-state index contributed by atoms with van der Waals surface area (Å²) in [4.78, 5) is 0. The van der Waals surface area contributed by atoms with E-state index in [1.165, 1.54) is 44.9 Å². The van der Waals surface area contributed by atoms with Gasteiger partial charge >= 0.3 is 0 Å². The Hall–Kier alpha value is 0. The van der Waals surface area contributed by atoms with E-state index in [0.717, 1.165) is 17.8 Å². The van der Waals surface area contributed by atoms with E-state index in [4.69, 9.17) is 0 Å². The van der Waals surface area contributed by atoms with Crippen LogP contribution in [0.3, 0.4) is 0 Å². The normalized spacial score (nSPS) is 17.4. The Bertz CT molecular complexity index is 128. The maximum absolute atomic E-state index is 2.44. The van der Waals surface area contributed by atoms with Gasteiger partial charge in [0.2, 0.25) is 0 Å². The van der Waals surface area contributed by atoms with Crippen molar-refractivity contribution in [2.75, 3.05) is 0 Å².